The number of phosphoric ester groups is 1. The van der Waals surface area contributed by atoms with Gasteiger partial charge >= 0.3 is 17.9 Å². The van der Waals surface area contributed by atoms with Crippen molar-refractivity contribution in [2.45, 2.75) is 180 Å². The molecule has 1 rings (SSSR count). The standard InChI is InChI=1S/C51H87N2O12PS/c1-8-10-12-13-14-15-16-17-18-19-23-27-33-48(45(54)30-29-34-49(55)56)67-40-44(52)51(58)61-38-43(39-63-66(59,60)62-37-36-53(5,6)7)64-50(57)35-28-24-21-20-22-26-32-47-42(4)41(3)46(65-47)31-25-11-9-2/h14-15,17-19,23,27,33,43-45,48,54H,8-13,16,20-22,24-26,28-32,34-40,52H2,1-7H3,(H-,55,56,59,60)/b15-14-,18-17-,23-19+,33-27+/t43-,44+,45+,48-/m1/s1. The van der Waals surface area contributed by atoms with E-state index in [1.165, 1.54) is 55.0 Å². The van der Waals surface area contributed by atoms with Gasteiger partial charge < -0.3 is 48.3 Å². The second kappa shape index (κ2) is 36.9. The summed E-state index contributed by atoms with van der Waals surface area (Å²) < 4.78 is 40.3. The average Bonchev–Trinajstić information content (AvgIpc) is 3.53. The number of nitrogens with zero attached hydrogens (tertiary/aromatic N) is 1. The summed E-state index contributed by atoms with van der Waals surface area (Å²) in [6, 6.07) is -1.15. The first kappa shape index (κ1) is 62.0. The first-order chi connectivity index (χ1) is 31.9. The Kier molecular flexibility index (Phi) is 34.2. The van der Waals surface area contributed by atoms with Crippen molar-refractivity contribution in [2.75, 3.05) is 53.3 Å². The van der Waals surface area contributed by atoms with Gasteiger partial charge in [-0.2, -0.15) is 0 Å². The van der Waals surface area contributed by atoms with E-state index in [-0.39, 0.29) is 38.0 Å². The number of hydrogen-bond donors (Lipinski definition) is 3. The number of carbonyl (C=O) groups excluding carboxylic acids is 2. The lowest BCUT2D eigenvalue weighted by Crippen LogP contribution is -2.39. The number of aliphatic hydroxyl groups excluding tert-OH is 1. The van der Waals surface area contributed by atoms with Crippen LogP contribution < -0.4 is 10.6 Å². The fourth-order valence-electron chi connectivity index (χ4n) is 6.74. The van der Waals surface area contributed by atoms with Gasteiger partial charge in [0.05, 0.1) is 33.9 Å². The lowest BCUT2D eigenvalue weighted by molar-refractivity contribution is -0.870. The Balaban J connectivity index is 2.77. The highest BCUT2D eigenvalue weighted by molar-refractivity contribution is 8.00. The number of furan rings is 1. The molecule has 1 aromatic rings. The van der Waals surface area contributed by atoms with Crippen molar-refractivity contribution in [1.29, 1.82) is 0 Å². The van der Waals surface area contributed by atoms with Crippen LogP contribution in [0.2, 0.25) is 0 Å². The maximum absolute atomic E-state index is 13.1. The molecule has 1 heterocycles. The number of aliphatic hydroxyl groups is 1. The van der Waals surface area contributed by atoms with Crippen molar-refractivity contribution in [3.63, 3.8) is 0 Å². The summed E-state index contributed by atoms with van der Waals surface area (Å²) in [5.41, 5.74) is 8.75. The molecule has 0 aromatic carbocycles. The Morgan fingerprint density at radius 1 is 0.806 bits per heavy atom. The molecule has 0 bridgehead atoms. The number of likely N-dealkylation sites (N-methyl/N-ethyl adjacent to an activating group) is 1. The molecule has 0 aliphatic rings. The predicted molar refractivity (Wildman–Crippen MR) is 268 cm³/mol. The molecule has 0 saturated carbocycles. The van der Waals surface area contributed by atoms with E-state index in [4.69, 9.17) is 33.8 Å². The quantitative estimate of drug-likeness (QED) is 0.0139. The van der Waals surface area contributed by atoms with Crippen LogP contribution in [-0.2, 0) is 50.3 Å². The molecule has 1 aromatic heterocycles. The summed E-state index contributed by atoms with van der Waals surface area (Å²) in [5.74, 6) is -0.121. The van der Waals surface area contributed by atoms with Crippen molar-refractivity contribution in [3.05, 3.63) is 71.3 Å². The molecule has 14 nitrogen and oxygen atoms in total. The van der Waals surface area contributed by atoms with Gasteiger partial charge in [-0.25, -0.2) is 0 Å². The zero-order valence-electron chi connectivity index (χ0n) is 42.0. The number of hydrogen-bond acceptors (Lipinski definition) is 13. The van der Waals surface area contributed by atoms with Crippen LogP contribution in [0.25, 0.3) is 0 Å². The smallest absolute Gasteiger partial charge is 0.323 e. The minimum absolute atomic E-state index is 0.0388. The molecule has 384 valence electrons. The third-order valence-corrected chi connectivity index (χ3v) is 13.4. The second-order valence-corrected chi connectivity index (χ2v) is 20.9. The number of carboxylic acid groups (broad SMARTS) is 1. The molecule has 0 radical (unpaired) electrons. The van der Waals surface area contributed by atoms with E-state index in [1.807, 2.05) is 45.4 Å². The number of carboxylic acids is 1. The molecule has 4 N–H and O–H groups in total. The van der Waals surface area contributed by atoms with Gasteiger partial charge in [-0.1, -0.05) is 114 Å². The second-order valence-electron chi connectivity index (χ2n) is 18.3. The minimum atomic E-state index is -4.78. The molecule has 0 spiro atoms. The number of thioether (sulfide) groups is 1. The number of allylic oxidation sites excluding steroid dienone is 7. The zero-order chi connectivity index (χ0) is 49.9. The first-order valence-electron chi connectivity index (χ1n) is 24.6. The summed E-state index contributed by atoms with van der Waals surface area (Å²) in [7, 11) is 0.873. The monoisotopic (exact) mass is 983 g/mol. The van der Waals surface area contributed by atoms with Crippen LogP contribution in [0, 0.1) is 13.8 Å². The third kappa shape index (κ3) is 32.4. The molecule has 1 unspecified atom stereocenters. The van der Waals surface area contributed by atoms with Gasteiger partial charge in [0.15, 0.2) is 6.10 Å². The van der Waals surface area contributed by atoms with Crippen LogP contribution in [0.1, 0.15) is 152 Å². The molecule has 0 amide bonds. The highest BCUT2D eigenvalue weighted by Crippen LogP contribution is 2.38. The number of aliphatic carboxylic acids is 1. The van der Waals surface area contributed by atoms with Crippen LogP contribution >= 0.6 is 19.6 Å². The molecule has 0 saturated heterocycles. The number of esters is 2. The van der Waals surface area contributed by atoms with Crippen molar-refractivity contribution in [3.8, 4) is 0 Å². The Hall–Kier alpha value is -3.01. The van der Waals surface area contributed by atoms with Gasteiger partial charge in [-0.05, 0) is 76.3 Å². The van der Waals surface area contributed by atoms with Gasteiger partial charge in [0.25, 0.3) is 7.82 Å². The Morgan fingerprint density at radius 3 is 2.09 bits per heavy atom. The SMILES string of the molecule is CCCCC/C=C\C\C=C/C=C/C=C/[C@@H](SC[C@H](N)C(=O)OC[C@H](COP(=O)([O-])OCC[N+](C)(C)C)OC(=O)CCCCCCCCc1oc(CCCCC)c(C)c1C)[C@@H](O)CCCC(=O)O. The molecule has 0 aliphatic heterocycles. The number of aryl methyl sites for hydroxylation is 2. The van der Waals surface area contributed by atoms with E-state index in [2.05, 4.69) is 39.8 Å². The van der Waals surface area contributed by atoms with Crippen LogP contribution in [0.15, 0.2) is 53.0 Å². The van der Waals surface area contributed by atoms with Gasteiger partial charge in [0, 0.05) is 36.7 Å². The maximum Gasteiger partial charge on any atom is 0.323 e. The summed E-state index contributed by atoms with van der Waals surface area (Å²) in [6.45, 7) is 7.81. The van der Waals surface area contributed by atoms with E-state index < -0.39 is 62.4 Å². The fraction of sp³-hybridized carbons (Fsp3) is 0.706. The van der Waals surface area contributed by atoms with E-state index in [9.17, 15) is 28.9 Å². The molecule has 0 fully saturated rings. The van der Waals surface area contributed by atoms with Gasteiger partial charge in [0.2, 0.25) is 0 Å². The van der Waals surface area contributed by atoms with Gasteiger partial charge in [-0.3, -0.25) is 18.9 Å². The van der Waals surface area contributed by atoms with Crippen LogP contribution in [0.3, 0.4) is 0 Å². The number of carbonyl (C=O) groups is 3. The van der Waals surface area contributed by atoms with E-state index in [1.54, 1.807) is 12.2 Å². The number of nitrogens with two attached hydrogens (primary N) is 1. The van der Waals surface area contributed by atoms with Gasteiger partial charge in [0.1, 0.15) is 37.3 Å². The topological polar surface area (TPSA) is 208 Å². The Bertz CT molecular complexity index is 1690. The van der Waals surface area contributed by atoms with Crippen LogP contribution in [0.4, 0.5) is 0 Å². The first-order valence-corrected chi connectivity index (χ1v) is 27.2. The average molecular weight is 983 g/mol. The normalized spacial score (nSPS) is 15.1. The summed E-state index contributed by atoms with van der Waals surface area (Å²) >= 11 is 1.21. The largest absolute Gasteiger partial charge is 0.756 e. The molecule has 5 atom stereocenters. The van der Waals surface area contributed by atoms with E-state index in [0.29, 0.717) is 17.4 Å². The third-order valence-electron chi connectivity index (χ3n) is 11.1. The molecular formula is C51H87N2O12PS. The molecular weight excluding hydrogens is 896 g/mol. The van der Waals surface area contributed by atoms with Crippen molar-refractivity contribution >= 4 is 37.5 Å². The minimum Gasteiger partial charge on any atom is -0.756 e. The Labute approximate surface area is 407 Å². The Morgan fingerprint density at radius 2 is 1.43 bits per heavy atom. The highest BCUT2D eigenvalue weighted by Gasteiger charge is 2.25. The predicted octanol–water partition coefficient (Wildman–Crippen LogP) is 9.81. The zero-order valence-corrected chi connectivity index (χ0v) is 43.7. The van der Waals surface area contributed by atoms with Crippen molar-refractivity contribution in [2.24, 2.45) is 5.73 Å². The molecule has 67 heavy (non-hydrogen) atoms. The highest BCUT2D eigenvalue weighted by atomic mass is 32.2. The van der Waals surface area contributed by atoms with Crippen LogP contribution in [0.5, 0.6) is 0 Å². The number of unbranched alkanes of at least 4 members (excludes halogenated alkanes) is 10. The number of ether oxygens (including phenoxy) is 2. The van der Waals surface area contributed by atoms with Gasteiger partial charge in [-0.15, -0.1) is 11.8 Å². The number of quaternary nitrogens is 1. The number of rotatable bonds is 41. The summed E-state index contributed by atoms with van der Waals surface area (Å²) in [4.78, 5) is 49.7. The van der Waals surface area contributed by atoms with Crippen LogP contribution in [-0.4, -0.2) is 109 Å². The lowest BCUT2D eigenvalue weighted by atomic mass is 10.0. The molecule has 0 aliphatic carbocycles. The van der Waals surface area contributed by atoms with Crippen molar-refractivity contribution < 1.29 is 61.5 Å². The summed E-state index contributed by atoms with van der Waals surface area (Å²) in [5, 5.41) is 19.5. The molecule has 16 heteroatoms. The van der Waals surface area contributed by atoms with E-state index in [0.717, 1.165) is 75.7 Å². The van der Waals surface area contributed by atoms with Crippen molar-refractivity contribution in [1.82, 2.24) is 0 Å². The van der Waals surface area contributed by atoms with E-state index >= 15 is 0 Å². The number of phosphoric acid groups is 1. The summed E-state index contributed by atoms with van der Waals surface area (Å²) in [6.07, 6.45) is 30.2. The fourth-order valence-corrected chi connectivity index (χ4v) is 8.60. The maximum atomic E-state index is 13.1. The lowest BCUT2D eigenvalue weighted by Gasteiger charge is -2.28.